The predicted octanol–water partition coefficient (Wildman–Crippen LogP) is 5.43. The van der Waals surface area contributed by atoms with Crippen molar-refractivity contribution in [3.63, 3.8) is 0 Å². The molecule has 3 amide bonds. The van der Waals surface area contributed by atoms with E-state index in [0.29, 0.717) is 54.8 Å². The second-order valence-corrected chi connectivity index (χ2v) is 9.53. The first-order chi connectivity index (χ1) is 19.1. The summed E-state index contributed by atoms with van der Waals surface area (Å²) in [4.78, 5) is 34.6. The minimum absolute atomic E-state index is 0.0137. The number of carbonyl (C=O) groups excluding carboxylic acids is 2. The second-order valence-electron chi connectivity index (χ2n) is 9.53. The first-order valence-electron chi connectivity index (χ1n) is 12.7. The number of amides is 3. The number of urea groups is 1. The van der Waals surface area contributed by atoms with E-state index in [2.05, 4.69) is 25.9 Å². The van der Waals surface area contributed by atoms with Gasteiger partial charge < -0.3 is 30.3 Å². The van der Waals surface area contributed by atoms with E-state index < -0.39 is 17.8 Å². The molecule has 1 aliphatic carbocycles. The number of hydrogen-bond acceptors (Lipinski definition) is 7. The fourth-order valence-electron chi connectivity index (χ4n) is 4.13. The summed E-state index contributed by atoms with van der Waals surface area (Å²) in [7, 11) is 0. The van der Waals surface area contributed by atoms with E-state index in [1.165, 1.54) is 18.5 Å². The molecule has 10 nitrogen and oxygen atoms in total. The highest BCUT2D eigenvalue weighted by molar-refractivity contribution is 6.00. The monoisotopic (exact) mass is 556 g/mol. The average molecular weight is 557 g/mol. The van der Waals surface area contributed by atoms with E-state index in [4.69, 9.17) is 9.47 Å². The predicted molar refractivity (Wildman–Crippen MR) is 142 cm³/mol. The molecule has 0 spiro atoms. The van der Waals surface area contributed by atoms with Crippen LogP contribution in [-0.2, 0) is 15.7 Å². The van der Waals surface area contributed by atoms with E-state index in [-0.39, 0.29) is 23.4 Å². The topological polar surface area (TPSA) is 118 Å². The van der Waals surface area contributed by atoms with Gasteiger partial charge in [0.05, 0.1) is 18.8 Å². The third-order valence-corrected chi connectivity index (χ3v) is 6.39. The Balaban J connectivity index is 1.24. The molecule has 1 aromatic heterocycles. The van der Waals surface area contributed by atoms with E-state index in [1.807, 2.05) is 0 Å². The maximum Gasteiger partial charge on any atom is 0.416 e. The van der Waals surface area contributed by atoms with E-state index >= 15 is 0 Å². The molecule has 0 bridgehead atoms. The molecule has 0 unspecified atom stereocenters. The van der Waals surface area contributed by atoms with Crippen LogP contribution in [0.2, 0.25) is 0 Å². The van der Waals surface area contributed by atoms with Crippen molar-refractivity contribution in [2.24, 2.45) is 5.92 Å². The zero-order chi connectivity index (χ0) is 28.3. The first-order valence-corrected chi connectivity index (χ1v) is 12.7. The number of aryl methyl sites for hydroxylation is 1. The second kappa shape index (κ2) is 11.4. The third kappa shape index (κ3) is 6.97. The van der Waals surface area contributed by atoms with Crippen LogP contribution in [0.5, 0.6) is 11.6 Å². The Labute approximate surface area is 227 Å². The maximum absolute atomic E-state index is 13.5. The summed E-state index contributed by atoms with van der Waals surface area (Å²) < 4.78 is 51.7. The summed E-state index contributed by atoms with van der Waals surface area (Å²) in [5, 5.41) is 7.90. The van der Waals surface area contributed by atoms with Gasteiger partial charge in [0.1, 0.15) is 17.9 Å². The van der Waals surface area contributed by atoms with Gasteiger partial charge in [-0.15, -0.1) is 0 Å². The summed E-state index contributed by atoms with van der Waals surface area (Å²) in [6, 6.07) is 9.16. The van der Waals surface area contributed by atoms with Crippen LogP contribution in [-0.4, -0.2) is 48.2 Å². The lowest BCUT2D eigenvalue weighted by Crippen LogP contribution is -2.36. The summed E-state index contributed by atoms with van der Waals surface area (Å²) in [5.74, 6) is 0.922. The SMILES string of the molecule is Cc1cc(Oc2cc(NC(=O)C3CC3)ncn2)ccc1NC(=O)Nc1cc(N2CCOCC2)cc(C(F)(F)F)c1. The number of halogens is 3. The highest BCUT2D eigenvalue weighted by Crippen LogP contribution is 2.35. The molecule has 210 valence electrons. The van der Waals surface area contributed by atoms with Crippen molar-refractivity contribution in [1.82, 2.24) is 9.97 Å². The van der Waals surface area contributed by atoms with Crippen molar-refractivity contribution in [3.8, 4) is 11.6 Å². The summed E-state index contributed by atoms with van der Waals surface area (Å²) in [6.07, 6.45) is -1.56. The van der Waals surface area contributed by atoms with Gasteiger partial charge in [0.15, 0.2) is 0 Å². The van der Waals surface area contributed by atoms with Crippen LogP contribution in [0, 0.1) is 12.8 Å². The maximum atomic E-state index is 13.5. The fourth-order valence-corrected chi connectivity index (χ4v) is 4.13. The normalized spacial score (nSPS) is 15.3. The summed E-state index contributed by atoms with van der Waals surface area (Å²) >= 11 is 0. The standard InChI is InChI=1S/C27H27F3N6O4/c1-16-10-21(40-24-14-23(31-15-32-24)35-25(37)17-2-3-17)4-5-22(16)34-26(38)33-19-11-18(27(28,29)30)12-20(13-19)36-6-8-39-9-7-36/h4-5,10-15,17H,2-3,6-9H2,1H3,(H2,33,34,38)(H,31,32,35,37). The zero-order valence-corrected chi connectivity index (χ0v) is 21.5. The molecule has 40 heavy (non-hydrogen) atoms. The number of benzene rings is 2. The molecule has 2 aromatic carbocycles. The van der Waals surface area contributed by atoms with Gasteiger partial charge >= 0.3 is 12.2 Å². The summed E-state index contributed by atoms with van der Waals surface area (Å²) in [6.45, 7) is 3.46. The van der Waals surface area contributed by atoms with Gasteiger partial charge in [0, 0.05) is 42.1 Å². The minimum atomic E-state index is -4.57. The van der Waals surface area contributed by atoms with Crippen LogP contribution < -0.4 is 25.6 Å². The molecule has 1 saturated carbocycles. The number of alkyl halides is 3. The van der Waals surface area contributed by atoms with Crippen molar-refractivity contribution >= 4 is 34.8 Å². The van der Waals surface area contributed by atoms with Crippen LogP contribution in [0.3, 0.4) is 0 Å². The van der Waals surface area contributed by atoms with E-state index in [1.54, 1.807) is 30.0 Å². The van der Waals surface area contributed by atoms with Crippen molar-refractivity contribution in [1.29, 1.82) is 0 Å². The van der Waals surface area contributed by atoms with Gasteiger partial charge in [0.25, 0.3) is 0 Å². The largest absolute Gasteiger partial charge is 0.439 e. The lowest BCUT2D eigenvalue weighted by molar-refractivity contribution is -0.137. The lowest BCUT2D eigenvalue weighted by atomic mass is 10.1. The van der Waals surface area contributed by atoms with Crippen molar-refractivity contribution in [2.75, 3.05) is 47.2 Å². The van der Waals surface area contributed by atoms with Gasteiger partial charge in [0.2, 0.25) is 11.8 Å². The average Bonchev–Trinajstić information content (AvgIpc) is 3.76. The number of nitrogens with one attached hydrogen (secondary N) is 3. The Morgan fingerprint density at radius 3 is 2.48 bits per heavy atom. The number of nitrogens with zero attached hydrogens (tertiary/aromatic N) is 3. The lowest BCUT2D eigenvalue weighted by Gasteiger charge is -2.29. The molecular weight excluding hydrogens is 529 g/mol. The molecule has 0 atom stereocenters. The number of hydrogen-bond donors (Lipinski definition) is 3. The fraction of sp³-hybridized carbons (Fsp3) is 0.333. The number of carbonyl (C=O) groups is 2. The molecule has 1 aliphatic heterocycles. The Morgan fingerprint density at radius 1 is 1.00 bits per heavy atom. The molecule has 3 aromatic rings. The van der Waals surface area contributed by atoms with E-state index in [0.717, 1.165) is 25.0 Å². The quantitative estimate of drug-likeness (QED) is 0.356. The first kappa shape index (κ1) is 27.2. The van der Waals surface area contributed by atoms with Crippen LogP contribution in [0.4, 0.5) is 40.8 Å². The van der Waals surface area contributed by atoms with Crippen molar-refractivity contribution < 1.29 is 32.2 Å². The van der Waals surface area contributed by atoms with Crippen molar-refractivity contribution in [2.45, 2.75) is 25.9 Å². The molecule has 2 fully saturated rings. The van der Waals surface area contributed by atoms with Gasteiger partial charge in [-0.2, -0.15) is 13.2 Å². The number of aromatic nitrogens is 2. The van der Waals surface area contributed by atoms with E-state index in [9.17, 15) is 22.8 Å². The smallest absolute Gasteiger partial charge is 0.416 e. The van der Waals surface area contributed by atoms with Crippen LogP contribution in [0.25, 0.3) is 0 Å². The van der Waals surface area contributed by atoms with Gasteiger partial charge in [-0.25, -0.2) is 14.8 Å². The highest BCUT2D eigenvalue weighted by Gasteiger charge is 2.32. The minimum Gasteiger partial charge on any atom is -0.439 e. The Morgan fingerprint density at radius 2 is 1.77 bits per heavy atom. The zero-order valence-electron chi connectivity index (χ0n) is 21.5. The van der Waals surface area contributed by atoms with Gasteiger partial charge in [-0.3, -0.25) is 4.79 Å². The Hall–Kier alpha value is -4.39. The molecule has 1 saturated heterocycles. The molecule has 13 heteroatoms. The molecular formula is C27H27F3N6O4. The van der Waals surface area contributed by atoms with Gasteiger partial charge in [-0.05, 0) is 61.7 Å². The number of anilines is 4. The number of morpholine rings is 1. The number of ether oxygens (including phenoxy) is 2. The molecule has 3 N–H and O–H groups in total. The molecule has 5 rings (SSSR count). The summed E-state index contributed by atoms with van der Waals surface area (Å²) in [5.41, 5.74) is 0.586. The number of rotatable bonds is 7. The molecule has 2 heterocycles. The molecule has 0 radical (unpaired) electrons. The van der Waals surface area contributed by atoms with Crippen LogP contribution >= 0.6 is 0 Å². The van der Waals surface area contributed by atoms with Crippen LogP contribution in [0.1, 0.15) is 24.0 Å². The Kier molecular flexibility index (Phi) is 7.74. The highest BCUT2D eigenvalue weighted by atomic mass is 19.4. The Bertz CT molecular complexity index is 1410. The van der Waals surface area contributed by atoms with Gasteiger partial charge in [-0.1, -0.05) is 0 Å². The third-order valence-electron chi connectivity index (χ3n) is 6.39. The molecule has 2 aliphatic rings. The van der Waals surface area contributed by atoms with Crippen LogP contribution in [0.15, 0.2) is 48.8 Å². The van der Waals surface area contributed by atoms with Crippen molar-refractivity contribution in [3.05, 3.63) is 59.9 Å².